The third-order valence-corrected chi connectivity index (χ3v) is 3.96. The molecule has 6 nitrogen and oxygen atoms in total. The van der Waals surface area contributed by atoms with Gasteiger partial charge in [-0.1, -0.05) is 12.0 Å². The number of benzene rings is 1. The average Bonchev–Trinajstić information content (AvgIpc) is 3.29. The maximum atomic E-state index is 12.8. The topological polar surface area (TPSA) is 63.0 Å². The normalized spacial score (nSPS) is 13.4. The Morgan fingerprint density at radius 3 is 2.88 bits per heavy atom. The smallest absolute Gasteiger partial charge is 0.409 e. The van der Waals surface area contributed by atoms with Gasteiger partial charge in [0.05, 0.1) is 19.4 Å². The molecule has 0 radical (unpaired) electrons. The van der Waals surface area contributed by atoms with E-state index in [1.165, 1.54) is 4.90 Å². The quantitative estimate of drug-likeness (QED) is 0.760. The molecule has 0 saturated carbocycles. The molecule has 0 spiro atoms. The first kappa shape index (κ1) is 16.7. The van der Waals surface area contributed by atoms with Crippen LogP contribution in [0.5, 0.6) is 0 Å². The van der Waals surface area contributed by atoms with Gasteiger partial charge in [0.25, 0.3) is 0 Å². The van der Waals surface area contributed by atoms with Crippen molar-refractivity contribution in [1.29, 1.82) is 0 Å². The molecule has 128 valence electrons. The number of furan rings is 1. The number of cyclic esters (lactones) is 1. The number of nitrogens with zero attached hydrogens (tertiary/aromatic N) is 2. The number of hydrogen-bond acceptors (Lipinski definition) is 4. The number of carbonyl (C=O) groups excluding carboxylic acids is 2. The lowest BCUT2D eigenvalue weighted by atomic mass is 10.1. The van der Waals surface area contributed by atoms with E-state index < -0.39 is 0 Å². The highest BCUT2D eigenvalue weighted by Crippen LogP contribution is 2.20. The van der Waals surface area contributed by atoms with Gasteiger partial charge >= 0.3 is 6.09 Å². The van der Waals surface area contributed by atoms with E-state index in [1.54, 1.807) is 29.4 Å². The number of hydrogen-bond donors (Lipinski definition) is 0. The van der Waals surface area contributed by atoms with E-state index in [2.05, 4.69) is 5.92 Å². The molecule has 0 bridgehead atoms. The molecular formula is C19H18N2O4. The fourth-order valence-electron chi connectivity index (χ4n) is 2.64. The Labute approximate surface area is 146 Å². The van der Waals surface area contributed by atoms with E-state index in [0.717, 1.165) is 0 Å². The van der Waals surface area contributed by atoms with Crippen LogP contribution >= 0.6 is 0 Å². The summed E-state index contributed by atoms with van der Waals surface area (Å²) in [6.45, 7) is 1.50. The molecule has 1 fully saturated rings. The molecule has 2 heterocycles. The molecule has 1 aliphatic rings. The van der Waals surface area contributed by atoms with Crippen molar-refractivity contribution in [3.8, 4) is 12.3 Å². The predicted molar refractivity (Wildman–Crippen MR) is 91.8 cm³/mol. The van der Waals surface area contributed by atoms with Crippen molar-refractivity contribution in [2.24, 2.45) is 0 Å². The number of carbonyl (C=O) groups is 2. The van der Waals surface area contributed by atoms with Gasteiger partial charge in [-0.05, 0) is 30.3 Å². The molecule has 25 heavy (non-hydrogen) atoms. The molecule has 1 aromatic carbocycles. The van der Waals surface area contributed by atoms with E-state index >= 15 is 0 Å². The molecular weight excluding hydrogens is 320 g/mol. The summed E-state index contributed by atoms with van der Waals surface area (Å²) in [6, 6.07) is 10.8. The third kappa shape index (κ3) is 4.01. The van der Waals surface area contributed by atoms with E-state index in [4.69, 9.17) is 15.6 Å². The summed E-state index contributed by atoms with van der Waals surface area (Å²) in [5, 5.41) is 0. The maximum absolute atomic E-state index is 12.8. The van der Waals surface area contributed by atoms with E-state index in [0.29, 0.717) is 43.3 Å². The van der Waals surface area contributed by atoms with Crippen molar-refractivity contribution in [3.63, 3.8) is 0 Å². The maximum Gasteiger partial charge on any atom is 0.409 e. The molecule has 1 aromatic heterocycles. The lowest BCUT2D eigenvalue weighted by Gasteiger charge is -2.23. The second kappa shape index (κ2) is 7.58. The van der Waals surface area contributed by atoms with E-state index in [-0.39, 0.29) is 18.4 Å². The van der Waals surface area contributed by atoms with E-state index in [1.807, 2.05) is 18.2 Å². The van der Waals surface area contributed by atoms with Crippen LogP contribution in [0.15, 0.2) is 47.1 Å². The number of amides is 2. The molecule has 2 aromatic rings. The zero-order chi connectivity index (χ0) is 17.6. The summed E-state index contributed by atoms with van der Waals surface area (Å²) >= 11 is 0. The molecule has 0 aliphatic carbocycles. The zero-order valence-corrected chi connectivity index (χ0v) is 13.7. The largest absolute Gasteiger partial charge is 0.467 e. The minimum atomic E-state index is -0.375. The fourth-order valence-corrected chi connectivity index (χ4v) is 2.64. The second-order valence-electron chi connectivity index (χ2n) is 5.61. The molecule has 3 rings (SSSR count). The van der Waals surface area contributed by atoms with Gasteiger partial charge in [0.15, 0.2) is 0 Å². The summed E-state index contributed by atoms with van der Waals surface area (Å²) in [5.74, 6) is 3.12. The van der Waals surface area contributed by atoms with Crippen LogP contribution in [0.2, 0.25) is 0 Å². The summed E-state index contributed by atoms with van der Waals surface area (Å²) in [5.41, 5.74) is 1.39. The fraction of sp³-hybridized carbons (Fsp3) is 0.263. The molecule has 1 saturated heterocycles. The monoisotopic (exact) mass is 338 g/mol. The molecule has 2 amide bonds. The van der Waals surface area contributed by atoms with Crippen molar-refractivity contribution < 1.29 is 18.7 Å². The minimum Gasteiger partial charge on any atom is -0.467 e. The summed E-state index contributed by atoms with van der Waals surface area (Å²) in [7, 11) is 0. The molecule has 1 aliphatic heterocycles. The van der Waals surface area contributed by atoms with Crippen LogP contribution in [0.3, 0.4) is 0 Å². The Balaban J connectivity index is 1.76. The van der Waals surface area contributed by atoms with Crippen molar-refractivity contribution in [2.45, 2.75) is 13.0 Å². The average molecular weight is 338 g/mol. The van der Waals surface area contributed by atoms with Gasteiger partial charge in [-0.15, -0.1) is 6.42 Å². The van der Waals surface area contributed by atoms with Crippen molar-refractivity contribution in [2.75, 3.05) is 24.6 Å². The Morgan fingerprint density at radius 2 is 2.20 bits per heavy atom. The van der Waals surface area contributed by atoms with Crippen LogP contribution < -0.4 is 4.90 Å². The van der Waals surface area contributed by atoms with Gasteiger partial charge < -0.3 is 19.0 Å². The van der Waals surface area contributed by atoms with Gasteiger partial charge in [-0.25, -0.2) is 4.79 Å². The first-order valence-corrected chi connectivity index (χ1v) is 7.98. The lowest BCUT2D eigenvalue weighted by molar-refractivity contribution is -0.119. The summed E-state index contributed by atoms with van der Waals surface area (Å²) < 4.78 is 10.3. The first-order chi connectivity index (χ1) is 12.2. The number of terminal acetylenes is 1. The predicted octanol–water partition coefficient (Wildman–Crippen LogP) is 2.64. The highest BCUT2D eigenvalue weighted by Gasteiger charge is 2.24. The standard InChI is InChI=1S/C19H18N2O4/c1-2-15-5-3-6-16(13-15)21(14-17-7-4-11-24-17)18(22)8-9-20-10-12-25-19(20)23/h1,3-7,11,13H,8-10,12,14H2. The minimum absolute atomic E-state index is 0.120. The Kier molecular flexibility index (Phi) is 5.05. The zero-order valence-electron chi connectivity index (χ0n) is 13.7. The highest BCUT2D eigenvalue weighted by molar-refractivity contribution is 5.93. The Hall–Kier alpha value is -3.20. The molecule has 0 N–H and O–H groups in total. The van der Waals surface area contributed by atoms with Crippen molar-refractivity contribution in [1.82, 2.24) is 4.90 Å². The number of anilines is 1. The van der Waals surface area contributed by atoms with Gasteiger partial charge in [0, 0.05) is 24.2 Å². The summed E-state index contributed by atoms with van der Waals surface area (Å²) in [6.07, 6.45) is 6.84. The molecule has 0 unspecified atom stereocenters. The van der Waals surface area contributed by atoms with Crippen molar-refractivity contribution >= 4 is 17.7 Å². The Morgan fingerprint density at radius 1 is 1.32 bits per heavy atom. The van der Waals surface area contributed by atoms with Crippen LogP contribution in [0.1, 0.15) is 17.7 Å². The SMILES string of the molecule is C#Cc1cccc(N(Cc2ccco2)C(=O)CCN2CCOC2=O)c1. The highest BCUT2D eigenvalue weighted by atomic mass is 16.6. The van der Waals surface area contributed by atoms with Gasteiger partial charge in [-0.2, -0.15) is 0 Å². The van der Waals surface area contributed by atoms with Crippen LogP contribution in [0.4, 0.5) is 10.5 Å². The third-order valence-electron chi connectivity index (χ3n) is 3.96. The van der Waals surface area contributed by atoms with Crippen molar-refractivity contribution in [3.05, 3.63) is 54.0 Å². The van der Waals surface area contributed by atoms with Crippen LogP contribution in [0, 0.1) is 12.3 Å². The number of rotatable bonds is 6. The number of ether oxygens (including phenoxy) is 1. The van der Waals surface area contributed by atoms with Crippen LogP contribution in [-0.4, -0.2) is 36.6 Å². The summed E-state index contributed by atoms with van der Waals surface area (Å²) in [4.78, 5) is 27.4. The van der Waals surface area contributed by atoms with E-state index in [9.17, 15) is 9.59 Å². The van der Waals surface area contributed by atoms with Crippen LogP contribution in [0.25, 0.3) is 0 Å². The van der Waals surface area contributed by atoms with Crippen LogP contribution in [-0.2, 0) is 16.1 Å². The van der Waals surface area contributed by atoms with Gasteiger partial charge in [-0.3, -0.25) is 4.79 Å². The Bertz CT molecular complexity index is 792. The van der Waals surface area contributed by atoms with Gasteiger partial charge in [0.1, 0.15) is 12.4 Å². The molecule has 0 atom stereocenters. The second-order valence-corrected chi connectivity index (χ2v) is 5.61. The lowest BCUT2D eigenvalue weighted by Crippen LogP contribution is -2.34. The molecule has 6 heteroatoms. The van der Waals surface area contributed by atoms with Gasteiger partial charge in [0.2, 0.25) is 5.91 Å². The first-order valence-electron chi connectivity index (χ1n) is 7.98.